The van der Waals surface area contributed by atoms with Gasteiger partial charge in [0.2, 0.25) is 0 Å². The number of carbonyl (C=O) groups is 1. The number of halogens is 1. The van der Waals surface area contributed by atoms with Crippen molar-refractivity contribution in [3.63, 3.8) is 0 Å². The highest BCUT2D eigenvalue weighted by Gasteiger charge is 2.26. The minimum absolute atomic E-state index is 0.0201. The van der Waals surface area contributed by atoms with Crippen molar-refractivity contribution >= 4 is 23.2 Å². The van der Waals surface area contributed by atoms with Gasteiger partial charge < -0.3 is 10.1 Å². The highest BCUT2D eigenvalue weighted by Crippen LogP contribution is 2.23. The Labute approximate surface area is 121 Å². The fourth-order valence-corrected chi connectivity index (χ4v) is 2.37. The Morgan fingerprint density at radius 2 is 2.35 bits per heavy atom. The van der Waals surface area contributed by atoms with E-state index < -0.39 is 10.8 Å². The molecule has 1 fully saturated rings. The van der Waals surface area contributed by atoms with E-state index in [0.717, 1.165) is 6.42 Å². The van der Waals surface area contributed by atoms with Crippen LogP contribution in [0.25, 0.3) is 0 Å². The SMILES string of the molecule is CC(NC(=O)c1cc(Cl)ccc1[N+](=O)[O-])C1CCOC1. The van der Waals surface area contributed by atoms with Crippen molar-refractivity contribution in [3.05, 3.63) is 38.9 Å². The van der Waals surface area contributed by atoms with E-state index >= 15 is 0 Å². The van der Waals surface area contributed by atoms with Crippen molar-refractivity contribution in [2.24, 2.45) is 5.92 Å². The van der Waals surface area contributed by atoms with Crippen LogP contribution in [0.3, 0.4) is 0 Å². The van der Waals surface area contributed by atoms with Crippen LogP contribution in [0.4, 0.5) is 5.69 Å². The maximum absolute atomic E-state index is 12.2. The Bertz CT molecular complexity index is 529. The minimum Gasteiger partial charge on any atom is -0.381 e. The Morgan fingerprint density at radius 1 is 1.60 bits per heavy atom. The molecule has 20 heavy (non-hydrogen) atoms. The lowest BCUT2D eigenvalue weighted by atomic mass is 10.0. The Morgan fingerprint density at radius 3 is 2.95 bits per heavy atom. The molecule has 0 spiro atoms. The van der Waals surface area contributed by atoms with Crippen LogP contribution in [0.5, 0.6) is 0 Å². The molecule has 0 radical (unpaired) electrons. The number of nitro groups is 1. The number of nitro benzene ring substituents is 1. The minimum atomic E-state index is -0.589. The van der Waals surface area contributed by atoms with Gasteiger partial charge in [-0.2, -0.15) is 0 Å². The number of benzene rings is 1. The van der Waals surface area contributed by atoms with E-state index in [1.807, 2.05) is 6.92 Å². The molecular weight excluding hydrogens is 284 g/mol. The van der Waals surface area contributed by atoms with Crippen molar-refractivity contribution in [2.45, 2.75) is 19.4 Å². The van der Waals surface area contributed by atoms with Crippen LogP contribution in [0, 0.1) is 16.0 Å². The zero-order valence-electron chi connectivity index (χ0n) is 11.0. The second-order valence-corrected chi connectivity index (χ2v) is 5.24. The van der Waals surface area contributed by atoms with Gasteiger partial charge in [-0.15, -0.1) is 0 Å². The normalized spacial score (nSPS) is 19.6. The Kier molecular flexibility index (Phi) is 4.57. The average molecular weight is 299 g/mol. The van der Waals surface area contributed by atoms with E-state index in [4.69, 9.17) is 16.3 Å². The fraction of sp³-hybridized carbons (Fsp3) is 0.462. The Hall–Kier alpha value is -1.66. The van der Waals surface area contributed by atoms with Gasteiger partial charge in [-0.1, -0.05) is 11.6 Å². The third-order valence-electron chi connectivity index (χ3n) is 3.43. The molecule has 0 aliphatic carbocycles. The lowest BCUT2D eigenvalue weighted by Gasteiger charge is -2.19. The van der Waals surface area contributed by atoms with Crippen molar-refractivity contribution in [3.8, 4) is 0 Å². The molecule has 7 heteroatoms. The molecule has 2 atom stereocenters. The van der Waals surface area contributed by atoms with Gasteiger partial charge in [0.15, 0.2) is 0 Å². The molecule has 1 aromatic carbocycles. The molecule has 1 heterocycles. The first-order valence-electron chi connectivity index (χ1n) is 6.31. The third kappa shape index (κ3) is 3.26. The number of ether oxygens (including phenoxy) is 1. The van der Waals surface area contributed by atoms with Crippen molar-refractivity contribution < 1.29 is 14.5 Å². The molecule has 6 nitrogen and oxygen atoms in total. The molecule has 1 aliphatic rings. The number of hydrogen-bond donors (Lipinski definition) is 1. The molecule has 1 aliphatic heterocycles. The summed E-state index contributed by atoms with van der Waals surface area (Å²) < 4.78 is 5.27. The van der Waals surface area contributed by atoms with Gasteiger partial charge in [-0.05, 0) is 25.5 Å². The number of nitrogens with zero attached hydrogens (tertiary/aromatic N) is 1. The zero-order chi connectivity index (χ0) is 14.7. The predicted octanol–water partition coefficient (Wildman–Crippen LogP) is 2.40. The van der Waals surface area contributed by atoms with Gasteiger partial charge in [-0.3, -0.25) is 14.9 Å². The van der Waals surface area contributed by atoms with Crippen molar-refractivity contribution in [1.82, 2.24) is 5.32 Å². The molecule has 0 saturated carbocycles. The third-order valence-corrected chi connectivity index (χ3v) is 3.67. The molecule has 2 unspecified atom stereocenters. The van der Waals surface area contributed by atoms with Gasteiger partial charge in [0.25, 0.3) is 11.6 Å². The Balaban J connectivity index is 2.15. The number of hydrogen-bond acceptors (Lipinski definition) is 4. The molecule has 108 valence electrons. The summed E-state index contributed by atoms with van der Waals surface area (Å²) in [6.45, 7) is 3.15. The molecule has 0 bridgehead atoms. The lowest BCUT2D eigenvalue weighted by molar-refractivity contribution is -0.385. The van der Waals surface area contributed by atoms with Gasteiger partial charge in [-0.25, -0.2) is 0 Å². The molecule has 0 aromatic heterocycles. The van der Waals surface area contributed by atoms with E-state index in [1.54, 1.807) is 0 Å². The summed E-state index contributed by atoms with van der Waals surface area (Å²) in [5.41, 5.74) is -0.268. The first-order valence-corrected chi connectivity index (χ1v) is 6.69. The second-order valence-electron chi connectivity index (χ2n) is 4.80. The highest BCUT2D eigenvalue weighted by atomic mass is 35.5. The molecule has 1 aromatic rings. The fourth-order valence-electron chi connectivity index (χ4n) is 2.20. The van der Waals surface area contributed by atoms with E-state index in [9.17, 15) is 14.9 Å². The zero-order valence-corrected chi connectivity index (χ0v) is 11.7. The molecular formula is C13H15ClN2O4. The van der Waals surface area contributed by atoms with E-state index in [1.165, 1.54) is 18.2 Å². The molecule has 1 N–H and O–H groups in total. The molecule has 2 rings (SSSR count). The summed E-state index contributed by atoms with van der Waals surface area (Å²) in [4.78, 5) is 22.5. The number of carbonyl (C=O) groups excluding carboxylic acids is 1. The van der Waals surface area contributed by atoms with Gasteiger partial charge in [0.1, 0.15) is 5.56 Å². The quantitative estimate of drug-likeness (QED) is 0.683. The van der Waals surface area contributed by atoms with Crippen LogP contribution < -0.4 is 5.32 Å². The second kappa shape index (κ2) is 6.19. The van der Waals surface area contributed by atoms with E-state index in [-0.39, 0.29) is 28.2 Å². The lowest BCUT2D eigenvalue weighted by Crippen LogP contribution is -2.38. The van der Waals surface area contributed by atoms with Crippen LogP contribution in [0.15, 0.2) is 18.2 Å². The average Bonchev–Trinajstić information content (AvgIpc) is 2.92. The van der Waals surface area contributed by atoms with Crippen molar-refractivity contribution in [2.75, 3.05) is 13.2 Å². The largest absolute Gasteiger partial charge is 0.381 e. The van der Waals surface area contributed by atoms with E-state index in [2.05, 4.69) is 5.32 Å². The smallest absolute Gasteiger partial charge is 0.282 e. The summed E-state index contributed by atoms with van der Waals surface area (Å²) in [7, 11) is 0. The van der Waals surface area contributed by atoms with Gasteiger partial charge in [0, 0.05) is 29.7 Å². The van der Waals surface area contributed by atoms with E-state index in [0.29, 0.717) is 13.2 Å². The van der Waals surface area contributed by atoms with Crippen LogP contribution in [0.1, 0.15) is 23.7 Å². The standard InChI is InChI=1S/C13H15ClN2O4/c1-8(9-4-5-20-7-9)15-13(17)11-6-10(14)2-3-12(11)16(18)19/h2-3,6,8-9H,4-5,7H2,1H3,(H,15,17). The highest BCUT2D eigenvalue weighted by molar-refractivity contribution is 6.31. The van der Waals surface area contributed by atoms with Crippen LogP contribution >= 0.6 is 11.6 Å². The summed E-state index contributed by atoms with van der Waals surface area (Å²) >= 11 is 5.81. The van der Waals surface area contributed by atoms with Gasteiger partial charge >= 0.3 is 0 Å². The molecule has 1 saturated heterocycles. The predicted molar refractivity (Wildman–Crippen MR) is 74.0 cm³/mol. The van der Waals surface area contributed by atoms with Gasteiger partial charge in [0.05, 0.1) is 11.5 Å². The number of rotatable bonds is 4. The summed E-state index contributed by atoms with van der Waals surface area (Å²) in [5.74, 6) is -0.254. The number of amides is 1. The summed E-state index contributed by atoms with van der Waals surface area (Å²) in [6, 6.07) is 3.83. The van der Waals surface area contributed by atoms with Crippen LogP contribution in [-0.2, 0) is 4.74 Å². The monoisotopic (exact) mass is 298 g/mol. The van der Waals surface area contributed by atoms with Crippen LogP contribution in [-0.4, -0.2) is 30.1 Å². The summed E-state index contributed by atoms with van der Waals surface area (Å²) in [5, 5.41) is 14.0. The topological polar surface area (TPSA) is 81.5 Å². The number of nitrogens with one attached hydrogen (secondary N) is 1. The van der Waals surface area contributed by atoms with Crippen LogP contribution in [0.2, 0.25) is 5.02 Å². The first-order chi connectivity index (χ1) is 9.49. The maximum Gasteiger partial charge on any atom is 0.282 e. The maximum atomic E-state index is 12.2. The molecule has 1 amide bonds. The first kappa shape index (κ1) is 14.7. The van der Waals surface area contributed by atoms with Crippen molar-refractivity contribution in [1.29, 1.82) is 0 Å². The summed E-state index contributed by atoms with van der Waals surface area (Å²) in [6.07, 6.45) is 0.874.